The van der Waals surface area contributed by atoms with E-state index in [4.69, 9.17) is 4.74 Å². The maximum Gasteiger partial charge on any atom is 0.0604 e. The molecule has 0 aliphatic heterocycles. The molecular weight excluding hydrogens is 186 g/mol. The van der Waals surface area contributed by atoms with E-state index in [1.54, 1.807) is 0 Å². The van der Waals surface area contributed by atoms with Crippen LogP contribution in [0, 0.1) is 5.92 Å². The van der Waals surface area contributed by atoms with Gasteiger partial charge in [-0.25, -0.2) is 0 Å². The molecule has 0 unspecified atom stereocenters. The molecule has 2 nitrogen and oxygen atoms in total. The normalized spacial score (nSPS) is 25.6. The van der Waals surface area contributed by atoms with Crippen molar-refractivity contribution < 1.29 is 4.74 Å². The van der Waals surface area contributed by atoms with E-state index in [1.165, 1.54) is 32.1 Å². The zero-order valence-corrected chi connectivity index (χ0v) is 10.6. The first kappa shape index (κ1) is 13.0. The summed E-state index contributed by atoms with van der Waals surface area (Å²) in [5.41, 5.74) is 0. The van der Waals surface area contributed by atoms with E-state index >= 15 is 0 Å². The molecule has 1 fully saturated rings. The van der Waals surface area contributed by atoms with Crippen molar-refractivity contribution in [2.24, 2.45) is 5.92 Å². The van der Waals surface area contributed by atoms with Crippen molar-refractivity contribution in [3.63, 3.8) is 0 Å². The highest BCUT2D eigenvalue weighted by atomic mass is 16.5. The summed E-state index contributed by atoms with van der Waals surface area (Å²) in [7, 11) is 0. The molecule has 2 heteroatoms. The molecule has 0 amide bonds. The van der Waals surface area contributed by atoms with E-state index < -0.39 is 0 Å². The zero-order valence-electron chi connectivity index (χ0n) is 10.6. The lowest BCUT2D eigenvalue weighted by Gasteiger charge is -2.35. The van der Waals surface area contributed by atoms with Crippen LogP contribution in [0.3, 0.4) is 0 Å². The highest BCUT2D eigenvalue weighted by Crippen LogP contribution is 2.23. The average molecular weight is 213 g/mol. The van der Waals surface area contributed by atoms with Crippen molar-refractivity contribution >= 4 is 0 Å². The minimum absolute atomic E-state index is 0.548. The molecule has 0 atom stereocenters. The summed E-state index contributed by atoms with van der Waals surface area (Å²) in [4.78, 5) is 0. The second-order valence-corrected chi connectivity index (χ2v) is 5.15. The van der Waals surface area contributed by atoms with Crippen molar-refractivity contribution in [3.05, 3.63) is 0 Å². The van der Waals surface area contributed by atoms with Crippen LogP contribution in [-0.4, -0.2) is 25.3 Å². The Hall–Kier alpha value is -0.0800. The quantitative estimate of drug-likeness (QED) is 0.626. The van der Waals surface area contributed by atoms with Gasteiger partial charge in [-0.15, -0.1) is 0 Å². The minimum Gasteiger partial charge on any atom is -0.378 e. The van der Waals surface area contributed by atoms with Crippen LogP contribution in [0.25, 0.3) is 0 Å². The Morgan fingerprint density at radius 1 is 1.33 bits per heavy atom. The number of nitrogens with one attached hydrogen (secondary N) is 1. The molecule has 0 aromatic carbocycles. The van der Waals surface area contributed by atoms with E-state index in [1.807, 2.05) is 0 Å². The zero-order chi connectivity index (χ0) is 11.1. The first-order chi connectivity index (χ1) is 7.22. The summed E-state index contributed by atoms with van der Waals surface area (Å²) in [5.74, 6) is 0.814. The lowest BCUT2D eigenvalue weighted by atomic mass is 9.89. The second kappa shape index (κ2) is 7.24. The van der Waals surface area contributed by atoms with Crippen molar-refractivity contribution in [3.8, 4) is 0 Å². The molecule has 0 saturated heterocycles. The van der Waals surface area contributed by atoms with Gasteiger partial charge in [-0.1, -0.05) is 20.8 Å². The Labute approximate surface area is 94.8 Å². The Bertz CT molecular complexity index is 153. The monoisotopic (exact) mass is 213 g/mol. The molecule has 0 aromatic heterocycles. The lowest BCUT2D eigenvalue weighted by Crippen LogP contribution is -2.45. The summed E-state index contributed by atoms with van der Waals surface area (Å²) in [6.07, 6.45) is 6.75. The molecule has 15 heavy (non-hydrogen) atoms. The minimum atomic E-state index is 0.548. The largest absolute Gasteiger partial charge is 0.378 e. The van der Waals surface area contributed by atoms with Crippen LogP contribution in [0.5, 0.6) is 0 Å². The van der Waals surface area contributed by atoms with Crippen LogP contribution in [0.15, 0.2) is 0 Å². The molecule has 0 bridgehead atoms. The van der Waals surface area contributed by atoms with Crippen LogP contribution >= 0.6 is 0 Å². The molecule has 0 radical (unpaired) electrons. The van der Waals surface area contributed by atoms with E-state index in [2.05, 4.69) is 26.1 Å². The highest BCUT2D eigenvalue weighted by Gasteiger charge is 2.28. The first-order valence-electron chi connectivity index (χ1n) is 6.57. The van der Waals surface area contributed by atoms with Crippen LogP contribution in [0.2, 0.25) is 0 Å². The third-order valence-corrected chi connectivity index (χ3v) is 3.06. The van der Waals surface area contributed by atoms with Crippen molar-refractivity contribution in [1.82, 2.24) is 5.32 Å². The van der Waals surface area contributed by atoms with E-state index in [-0.39, 0.29) is 0 Å². The maximum atomic E-state index is 5.80. The Kier molecular flexibility index (Phi) is 6.26. The fourth-order valence-corrected chi connectivity index (χ4v) is 1.96. The summed E-state index contributed by atoms with van der Waals surface area (Å²) < 4.78 is 5.80. The third kappa shape index (κ3) is 5.53. The van der Waals surface area contributed by atoms with Gasteiger partial charge in [0.05, 0.1) is 6.10 Å². The van der Waals surface area contributed by atoms with Gasteiger partial charge in [0.1, 0.15) is 0 Å². The van der Waals surface area contributed by atoms with E-state index in [9.17, 15) is 0 Å². The van der Waals surface area contributed by atoms with Gasteiger partial charge in [0, 0.05) is 12.6 Å². The summed E-state index contributed by atoms with van der Waals surface area (Å²) in [6.45, 7) is 8.88. The molecule has 1 saturated carbocycles. The van der Waals surface area contributed by atoms with Gasteiger partial charge in [0.2, 0.25) is 0 Å². The molecule has 1 aliphatic rings. The average Bonchev–Trinajstić information content (AvgIpc) is 2.13. The molecule has 0 spiro atoms. The van der Waals surface area contributed by atoms with Gasteiger partial charge in [-0.2, -0.15) is 0 Å². The standard InChI is InChI=1S/C13H27NO/c1-4-7-14-12-9-13(10-12)15-8-5-6-11(2)3/h11-14H,4-10H2,1-3H3/t12-,13-. The highest BCUT2D eigenvalue weighted by molar-refractivity contribution is 4.85. The first-order valence-corrected chi connectivity index (χ1v) is 6.57. The van der Waals surface area contributed by atoms with Crippen molar-refractivity contribution in [1.29, 1.82) is 0 Å². The number of hydrogen-bond acceptors (Lipinski definition) is 2. The number of rotatable bonds is 8. The van der Waals surface area contributed by atoms with Crippen molar-refractivity contribution in [2.75, 3.05) is 13.2 Å². The van der Waals surface area contributed by atoms with Crippen LogP contribution in [0.1, 0.15) is 52.9 Å². The van der Waals surface area contributed by atoms with Gasteiger partial charge < -0.3 is 10.1 Å². The van der Waals surface area contributed by atoms with Crippen molar-refractivity contribution in [2.45, 2.75) is 65.0 Å². The molecule has 0 heterocycles. The van der Waals surface area contributed by atoms with Gasteiger partial charge in [0.25, 0.3) is 0 Å². The molecule has 1 aliphatic carbocycles. The SMILES string of the molecule is CCCN[C@H]1C[C@H](OCCCC(C)C)C1. The number of ether oxygens (including phenoxy) is 1. The predicted molar refractivity (Wildman–Crippen MR) is 65.1 cm³/mol. The topological polar surface area (TPSA) is 21.3 Å². The van der Waals surface area contributed by atoms with Gasteiger partial charge in [-0.05, 0) is 44.6 Å². The lowest BCUT2D eigenvalue weighted by molar-refractivity contribution is -0.0183. The molecule has 0 aromatic rings. The fourth-order valence-electron chi connectivity index (χ4n) is 1.96. The third-order valence-electron chi connectivity index (χ3n) is 3.06. The van der Waals surface area contributed by atoms with Crippen LogP contribution in [-0.2, 0) is 4.74 Å². The summed E-state index contributed by atoms with van der Waals surface area (Å²) in [6, 6.07) is 0.736. The molecule has 1 rings (SSSR count). The summed E-state index contributed by atoms with van der Waals surface area (Å²) in [5, 5.41) is 3.53. The summed E-state index contributed by atoms with van der Waals surface area (Å²) >= 11 is 0. The molecule has 1 N–H and O–H groups in total. The van der Waals surface area contributed by atoms with Gasteiger partial charge in [0.15, 0.2) is 0 Å². The van der Waals surface area contributed by atoms with Crippen LogP contribution < -0.4 is 5.32 Å². The second-order valence-electron chi connectivity index (χ2n) is 5.15. The van der Waals surface area contributed by atoms with Crippen LogP contribution in [0.4, 0.5) is 0 Å². The smallest absolute Gasteiger partial charge is 0.0604 e. The predicted octanol–water partition coefficient (Wildman–Crippen LogP) is 2.97. The maximum absolute atomic E-state index is 5.80. The number of hydrogen-bond donors (Lipinski definition) is 1. The van der Waals surface area contributed by atoms with E-state index in [0.29, 0.717) is 6.10 Å². The molecule has 90 valence electrons. The molecular formula is C13H27NO. The van der Waals surface area contributed by atoms with Gasteiger partial charge in [-0.3, -0.25) is 0 Å². The van der Waals surface area contributed by atoms with E-state index in [0.717, 1.165) is 25.1 Å². The van der Waals surface area contributed by atoms with Gasteiger partial charge >= 0.3 is 0 Å². The Balaban J connectivity index is 1.85. The Morgan fingerprint density at radius 3 is 2.67 bits per heavy atom. The Morgan fingerprint density at radius 2 is 2.07 bits per heavy atom. The fraction of sp³-hybridized carbons (Fsp3) is 1.00.